The summed E-state index contributed by atoms with van der Waals surface area (Å²) in [6, 6.07) is 21.4. The fourth-order valence-electron chi connectivity index (χ4n) is 4.28. The Morgan fingerprint density at radius 1 is 1.11 bits per heavy atom. The van der Waals surface area contributed by atoms with Crippen LogP contribution in [0.15, 0.2) is 88.5 Å². The van der Waals surface area contributed by atoms with Crippen LogP contribution < -0.4 is 14.0 Å². The predicted molar refractivity (Wildman–Crippen MR) is 127 cm³/mol. The molecule has 0 atom stereocenters. The SMILES string of the molecule is C[n+]1c[cH-]c2c1[n+](C)cn2-c1cccc(N(C[C-]=Cc2coc3oc[c-]c23)c2ccccc2)n1.[Pt]. The molecule has 0 amide bonds. The number of furan rings is 2. The van der Waals surface area contributed by atoms with Crippen LogP contribution in [0, 0.1) is 12.1 Å². The van der Waals surface area contributed by atoms with Gasteiger partial charge in [-0.25, -0.2) is 26.3 Å². The maximum atomic E-state index is 5.42. The van der Waals surface area contributed by atoms with Gasteiger partial charge in [0.15, 0.2) is 5.78 Å². The van der Waals surface area contributed by atoms with Gasteiger partial charge in [-0.3, -0.25) is 4.57 Å². The maximum absolute atomic E-state index is 5.42. The number of anilines is 2. The van der Waals surface area contributed by atoms with Crippen LogP contribution in [0.5, 0.6) is 0 Å². The van der Waals surface area contributed by atoms with Crippen molar-refractivity contribution in [3.8, 4) is 5.82 Å². The average molecular weight is 644 g/mol. The second-order valence-corrected chi connectivity index (χ2v) is 8.09. The van der Waals surface area contributed by atoms with Crippen molar-refractivity contribution in [2.75, 3.05) is 11.4 Å². The zero-order valence-corrected chi connectivity index (χ0v) is 21.4. The molecule has 5 heterocycles. The Kier molecular flexibility index (Phi) is 6.18. The molecule has 0 N–H and O–H groups in total. The summed E-state index contributed by atoms with van der Waals surface area (Å²) in [5.41, 5.74) is 4.14. The van der Waals surface area contributed by atoms with Crippen LogP contribution in [0.25, 0.3) is 34.2 Å². The van der Waals surface area contributed by atoms with Gasteiger partial charge in [0.05, 0.1) is 6.20 Å². The molecule has 8 heteroatoms. The first-order valence-corrected chi connectivity index (χ1v) is 10.9. The summed E-state index contributed by atoms with van der Waals surface area (Å²) < 4.78 is 17.0. The van der Waals surface area contributed by atoms with E-state index in [9.17, 15) is 0 Å². The van der Waals surface area contributed by atoms with Crippen molar-refractivity contribution in [3.05, 3.63) is 97.4 Å². The fourth-order valence-corrected chi connectivity index (χ4v) is 4.28. The summed E-state index contributed by atoms with van der Waals surface area (Å²) in [6.45, 7) is 0.505. The van der Waals surface area contributed by atoms with Gasteiger partial charge in [0.2, 0.25) is 6.33 Å². The second kappa shape index (κ2) is 9.43. The van der Waals surface area contributed by atoms with Crippen LogP contribution >= 0.6 is 0 Å². The molecule has 0 saturated heterocycles. The number of nitrogens with zero attached hydrogens (tertiary/aromatic N) is 5. The largest absolute Gasteiger partial charge is 0.505 e. The molecule has 1 aromatic carbocycles. The Labute approximate surface area is 216 Å². The smallest absolute Gasteiger partial charge is 0.324 e. The molecule has 0 bridgehead atoms. The number of hydrogen-bond donors (Lipinski definition) is 0. The van der Waals surface area contributed by atoms with Crippen LogP contribution in [-0.2, 0) is 35.2 Å². The quantitative estimate of drug-likeness (QED) is 0.202. The molecule has 35 heavy (non-hydrogen) atoms. The molecule has 0 aliphatic carbocycles. The van der Waals surface area contributed by atoms with E-state index in [4.69, 9.17) is 13.8 Å². The molecule has 0 aliphatic heterocycles. The first-order valence-electron chi connectivity index (χ1n) is 10.9. The standard InChI is InChI=1S/C27H22N5O2.Pt/c1-29-16-13-23-26(29)30(2)19-32(23)25-12-6-11-24(28-25)31(21-9-4-3-5-10-21)15-7-8-20-18-34-27-22(20)14-17-33-27;/h3-6,8-13,16-19H,15H2,1-2H3;/q-1;. The van der Waals surface area contributed by atoms with E-state index >= 15 is 0 Å². The molecule has 0 spiro atoms. The van der Waals surface area contributed by atoms with Crippen molar-refractivity contribution in [1.82, 2.24) is 9.55 Å². The summed E-state index contributed by atoms with van der Waals surface area (Å²) in [7, 11) is 4.09. The summed E-state index contributed by atoms with van der Waals surface area (Å²) >= 11 is 0. The minimum atomic E-state index is 0. The number of aromatic nitrogens is 4. The van der Waals surface area contributed by atoms with Crippen molar-refractivity contribution in [1.29, 1.82) is 0 Å². The number of rotatable bonds is 6. The summed E-state index contributed by atoms with van der Waals surface area (Å²) in [4.78, 5) is 7.15. The van der Waals surface area contributed by atoms with Gasteiger partial charge in [0.25, 0.3) is 0 Å². The van der Waals surface area contributed by atoms with Crippen LogP contribution in [0.2, 0.25) is 0 Å². The topological polar surface area (TPSA) is 55.1 Å². The Hall–Kier alpha value is -3.83. The minimum Gasteiger partial charge on any atom is -0.505 e. The number of imidazole rings is 1. The molecule has 0 aliphatic rings. The molecule has 0 unspecified atom stereocenters. The first-order chi connectivity index (χ1) is 16.7. The molecule has 0 radical (unpaired) electrons. The van der Waals surface area contributed by atoms with Crippen molar-refractivity contribution >= 4 is 39.9 Å². The number of pyridine rings is 1. The summed E-state index contributed by atoms with van der Waals surface area (Å²) in [5, 5.41) is 0.811. The van der Waals surface area contributed by atoms with Crippen molar-refractivity contribution in [2.24, 2.45) is 14.1 Å². The van der Waals surface area contributed by atoms with E-state index in [1.54, 1.807) is 6.26 Å². The van der Waals surface area contributed by atoms with Gasteiger partial charge in [0.1, 0.15) is 25.7 Å². The molecular weight excluding hydrogens is 621 g/mol. The molecule has 178 valence electrons. The van der Waals surface area contributed by atoms with E-state index in [0.717, 1.165) is 39.4 Å². The Morgan fingerprint density at radius 3 is 2.83 bits per heavy atom. The van der Waals surface area contributed by atoms with Crippen LogP contribution in [0.4, 0.5) is 11.5 Å². The molecular formula is C27H22N5O2Pt-. The zero-order chi connectivity index (χ0) is 23.1. The van der Waals surface area contributed by atoms with Crippen LogP contribution in [0.3, 0.4) is 0 Å². The van der Waals surface area contributed by atoms with Crippen LogP contribution in [0.1, 0.15) is 5.56 Å². The van der Waals surface area contributed by atoms with Gasteiger partial charge in [-0.15, -0.1) is 23.1 Å². The monoisotopic (exact) mass is 643 g/mol. The van der Waals surface area contributed by atoms with Crippen molar-refractivity contribution in [3.63, 3.8) is 0 Å². The molecule has 6 aromatic rings. The summed E-state index contributed by atoms with van der Waals surface area (Å²) in [5.74, 6) is 2.15. The van der Waals surface area contributed by atoms with Gasteiger partial charge >= 0.3 is 5.65 Å². The van der Waals surface area contributed by atoms with Crippen molar-refractivity contribution in [2.45, 2.75) is 0 Å². The zero-order valence-electron chi connectivity index (χ0n) is 19.2. The number of para-hydroxylation sites is 1. The van der Waals surface area contributed by atoms with Gasteiger partial charge in [-0.1, -0.05) is 24.3 Å². The molecule has 5 aromatic heterocycles. The van der Waals surface area contributed by atoms with E-state index in [2.05, 4.69) is 61.5 Å². The third kappa shape index (κ3) is 4.13. The van der Waals surface area contributed by atoms with E-state index in [-0.39, 0.29) is 21.1 Å². The van der Waals surface area contributed by atoms with Crippen LogP contribution in [-0.4, -0.2) is 16.1 Å². The number of aryl methyl sites for hydroxylation is 2. The molecule has 7 nitrogen and oxygen atoms in total. The number of hydrogen-bond acceptors (Lipinski definition) is 4. The molecule has 6 rings (SSSR count). The van der Waals surface area contributed by atoms with E-state index in [1.165, 1.54) is 6.26 Å². The van der Waals surface area contributed by atoms with Gasteiger partial charge in [0, 0.05) is 44.8 Å². The minimum absolute atomic E-state index is 0. The Bertz CT molecular complexity index is 1620. The van der Waals surface area contributed by atoms with E-state index < -0.39 is 0 Å². The summed E-state index contributed by atoms with van der Waals surface area (Å²) in [6.07, 6.45) is 12.6. The second-order valence-electron chi connectivity index (χ2n) is 8.09. The number of fused-ring (bicyclic) bond motifs is 2. The van der Waals surface area contributed by atoms with Gasteiger partial charge in [-0.05, 0) is 30.8 Å². The fraction of sp³-hybridized carbons (Fsp3) is 0.111. The van der Waals surface area contributed by atoms with Crippen molar-refractivity contribution < 1.29 is 39.0 Å². The molecule has 0 saturated carbocycles. The molecule has 0 fully saturated rings. The Morgan fingerprint density at radius 2 is 1.97 bits per heavy atom. The third-order valence-electron chi connectivity index (χ3n) is 5.87. The van der Waals surface area contributed by atoms with E-state index in [1.807, 2.05) is 56.6 Å². The average Bonchev–Trinajstić information content (AvgIpc) is 3.63. The van der Waals surface area contributed by atoms with Gasteiger partial charge < -0.3 is 13.7 Å². The number of benzene rings is 1. The van der Waals surface area contributed by atoms with Gasteiger partial charge in [-0.2, -0.15) is 0 Å². The predicted octanol–water partition coefficient (Wildman–Crippen LogP) is 4.18. The Balaban J connectivity index is 0.00000253. The first kappa shape index (κ1) is 22.9. The normalized spacial score (nSPS) is 11.5. The maximum Gasteiger partial charge on any atom is 0.324 e. The third-order valence-corrected chi connectivity index (χ3v) is 5.87. The van der Waals surface area contributed by atoms with E-state index in [0.29, 0.717) is 12.3 Å².